The number of hydrogen-bond acceptors (Lipinski definition) is 6. The molecule has 0 saturated heterocycles. The lowest BCUT2D eigenvalue weighted by atomic mass is 10.1. The van der Waals surface area contributed by atoms with E-state index in [0.29, 0.717) is 29.4 Å². The molecule has 7 nitrogen and oxygen atoms in total. The van der Waals surface area contributed by atoms with Crippen LogP contribution in [0, 0.1) is 6.92 Å². The summed E-state index contributed by atoms with van der Waals surface area (Å²) >= 11 is 0. The fourth-order valence-electron chi connectivity index (χ4n) is 3.43. The molecule has 0 spiro atoms. The molecule has 7 heteroatoms. The molecular formula is C31H28N2O5. The highest BCUT2D eigenvalue weighted by molar-refractivity contribution is 5.91. The van der Waals surface area contributed by atoms with Crippen LogP contribution in [-0.4, -0.2) is 24.2 Å². The molecule has 192 valence electrons. The van der Waals surface area contributed by atoms with Gasteiger partial charge in [-0.1, -0.05) is 48.0 Å². The summed E-state index contributed by atoms with van der Waals surface area (Å²) in [7, 11) is 0. The minimum Gasteiger partial charge on any atom is -0.489 e. The van der Waals surface area contributed by atoms with Crippen LogP contribution in [0.25, 0.3) is 0 Å². The molecule has 0 heterocycles. The number of nitrogens with zero attached hydrogens (tertiary/aromatic N) is 1. The SMILES string of the molecule is Cc1cccc(C(=O)Oc2ccc(/C=N\NC(=O)[C@@H](C)Oc3ccc(OCc4ccccc4)cc3)cc2)c1. The van der Waals surface area contributed by atoms with Gasteiger partial charge in [-0.25, -0.2) is 10.2 Å². The van der Waals surface area contributed by atoms with Crippen molar-refractivity contribution in [2.75, 3.05) is 0 Å². The standard InChI is InChI=1S/C31H28N2O5/c1-22-7-6-10-26(19-22)31(35)38-29-13-11-24(12-14-29)20-32-33-30(34)23(2)37-28-17-15-27(16-18-28)36-21-25-8-4-3-5-9-25/h3-20,23H,21H2,1-2H3,(H,33,34)/b32-20-/t23-/m1/s1. The number of hydrogen-bond donors (Lipinski definition) is 1. The number of hydrazone groups is 1. The van der Waals surface area contributed by atoms with Gasteiger partial charge in [-0.2, -0.15) is 5.10 Å². The van der Waals surface area contributed by atoms with E-state index in [1.807, 2.05) is 49.4 Å². The van der Waals surface area contributed by atoms with Crippen LogP contribution < -0.4 is 19.6 Å². The second kappa shape index (κ2) is 12.9. The predicted octanol–water partition coefficient (Wildman–Crippen LogP) is 5.71. The largest absolute Gasteiger partial charge is 0.489 e. The Labute approximate surface area is 221 Å². The number of carbonyl (C=O) groups is 2. The van der Waals surface area contributed by atoms with E-state index in [1.165, 1.54) is 6.21 Å². The van der Waals surface area contributed by atoms with E-state index in [-0.39, 0.29) is 0 Å². The van der Waals surface area contributed by atoms with E-state index in [2.05, 4.69) is 10.5 Å². The first-order chi connectivity index (χ1) is 18.5. The Balaban J connectivity index is 1.21. The number of rotatable bonds is 10. The van der Waals surface area contributed by atoms with Gasteiger partial charge < -0.3 is 14.2 Å². The lowest BCUT2D eigenvalue weighted by Crippen LogP contribution is -2.33. The number of benzene rings is 4. The van der Waals surface area contributed by atoms with Crippen molar-refractivity contribution in [3.8, 4) is 17.2 Å². The number of aryl methyl sites for hydroxylation is 1. The molecule has 0 aromatic heterocycles. The molecule has 0 aliphatic carbocycles. The Bertz CT molecular complexity index is 1380. The first kappa shape index (κ1) is 26.2. The number of ether oxygens (including phenoxy) is 3. The molecule has 0 fully saturated rings. The second-order valence-corrected chi connectivity index (χ2v) is 8.57. The third-order valence-corrected chi connectivity index (χ3v) is 5.49. The van der Waals surface area contributed by atoms with Crippen LogP contribution in [0.4, 0.5) is 0 Å². The average Bonchev–Trinajstić information content (AvgIpc) is 2.94. The molecular weight excluding hydrogens is 480 g/mol. The van der Waals surface area contributed by atoms with Crippen LogP contribution in [0.2, 0.25) is 0 Å². The molecule has 0 aliphatic heterocycles. The highest BCUT2D eigenvalue weighted by Gasteiger charge is 2.14. The van der Waals surface area contributed by atoms with Crippen LogP contribution >= 0.6 is 0 Å². The van der Waals surface area contributed by atoms with E-state index in [4.69, 9.17) is 14.2 Å². The lowest BCUT2D eigenvalue weighted by Gasteiger charge is -2.13. The zero-order chi connectivity index (χ0) is 26.7. The quantitative estimate of drug-likeness (QED) is 0.128. The zero-order valence-corrected chi connectivity index (χ0v) is 21.2. The van der Waals surface area contributed by atoms with Crippen LogP contribution in [0.1, 0.15) is 34.0 Å². The Morgan fingerprint density at radius 3 is 2.24 bits per heavy atom. The molecule has 0 aliphatic rings. The molecule has 0 unspecified atom stereocenters. The minimum absolute atomic E-state index is 0.394. The molecule has 1 atom stereocenters. The maximum absolute atomic E-state index is 12.4. The van der Waals surface area contributed by atoms with Gasteiger partial charge in [0.1, 0.15) is 23.9 Å². The maximum Gasteiger partial charge on any atom is 0.343 e. The summed E-state index contributed by atoms with van der Waals surface area (Å²) in [5.74, 6) is 0.842. The van der Waals surface area contributed by atoms with Crippen LogP contribution in [0.5, 0.6) is 17.2 Å². The molecule has 0 radical (unpaired) electrons. The highest BCUT2D eigenvalue weighted by Crippen LogP contribution is 2.20. The third kappa shape index (κ3) is 7.80. The Hall–Kier alpha value is -4.91. The third-order valence-electron chi connectivity index (χ3n) is 5.49. The van der Waals surface area contributed by atoms with Gasteiger partial charge in [0.25, 0.3) is 5.91 Å². The van der Waals surface area contributed by atoms with Gasteiger partial charge in [-0.15, -0.1) is 0 Å². The molecule has 1 N–H and O–H groups in total. The molecule has 0 saturated carbocycles. The van der Waals surface area contributed by atoms with Gasteiger partial charge in [0.15, 0.2) is 6.10 Å². The van der Waals surface area contributed by atoms with E-state index < -0.39 is 18.0 Å². The number of nitrogens with one attached hydrogen (secondary N) is 1. The van der Waals surface area contributed by atoms with Crippen molar-refractivity contribution in [2.24, 2.45) is 5.10 Å². The fraction of sp³-hybridized carbons (Fsp3) is 0.129. The zero-order valence-electron chi connectivity index (χ0n) is 21.2. The Morgan fingerprint density at radius 2 is 1.53 bits per heavy atom. The number of amides is 1. The number of carbonyl (C=O) groups excluding carboxylic acids is 2. The van der Waals surface area contributed by atoms with Crippen molar-refractivity contribution < 1.29 is 23.8 Å². The summed E-state index contributed by atoms with van der Waals surface area (Å²) < 4.78 is 16.9. The second-order valence-electron chi connectivity index (χ2n) is 8.57. The van der Waals surface area contributed by atoms with E-state index in [1.54, 1.807) is 67.6 Å². The summed E-state index contributed by atoms with van der Waals surface area (Å²) in [4.78, 5) is 24.6. The van der Waals surface area contributed by atoms with Gasteiger partial charge >= 0.3 is 5.97 Å². The van der Waals surface area contributed by atoms with Crippen molar-refractivity contribution in [3.63, 3.8) is 0 Å². The van der Waals surface area contributed by atoms with Crippen molar-refractivity contribution in [2.45, 2.75) is 26.6 Å². The van der Waals surface area contributed by atoms with Crippen molar-refractivity contribution in [1.82, 2.24) is 5.43 Å². The Kier molecular flexibility index (Phi) is 8.86. The van der Waals surface area contributed by atoms with E-state index in [0.717, 1.165) is 16.7 Å². The van der Waals surface area contributed by atoms with E-state index in [9.17, 15) is 9.59 Å². The summed E-state index contributed by atoms with van der Waals surface area (Å²) in [5, 5.41) is 3.99. The maximum atomic E-state index is 12.4. The van der Waals surface area contributed by atoms with Crippen molar-refractivity contribution in [3.05, 3.63) is 125 Å². The van der Waals surface area contributed by atoms with Gasteiger partial charge in [-0.3, -0.25) is 4.79 Å². The summed E-state index contributed by atoms with van der Waals surface area (Å²) in [6.07, 6.45) is 0.738. The number of esters is 1. The molecule has 4 aromatic rings. The van der Waals surface area contributed by atoms with E-state index >= 15 is 0 Å². The first-order valence-corrected chi connectivity index (χ1v) is 12.1. The molecule has 1 amide bonds. The minimum atomic E-state index is -0.758. The summed E-state index contributed by atoms with van der Waals surface area (Å²) in [5.41, 5.74) is 5.74. The first-order valence-electron chi connectivity index (χ1n) is 12.1. The lowest BCUT2D eigenvalue weighted by molar-refractivity contribution is -0.127. The molecule has 4 rings (SSSR count). The monoisotopic (exact) mass is 508 g/mol. The van der Waals surface area contributed by atoms with Crippen LogP contribution in [0.3, 0.4) is 0 Å². The molecule has 38 heavy (non-hydrogen) atoms. The van der Waals surface area contributed by atoms with Crippen LogP contribution in [0.15, 0.2) is 108 Å². The summed E-state index contributed by atoms with van der Waals surface area (Å²) in [6.45, 7) is 4.03. The Morgan fingerprint density at radius 1 is 0.842 bits per heavy atom. The van der Waals surface area contributed by atoms with Gasteiger partial charge in [-0.05, 0) is 85.6 Å². The molecule has 0 bridgehead atoms. The predicted molar refractivity (Wildman–Crippen MR) is 146 cm³/mol. The normalized spacial score (nSPS) is 11.5. The van der Waals surface area contributed by atoms with Gasteiger partial charge in [0, 0.05) is 0 Å². The fourth-order valence-corrected chi connectivity index (χ4v) is 3.43. The van der Waals surface area contributed by atoms with Crippen LogP contribution in [-0.2, 0) is 11.4 Å². The van der Waals surface area contributed by atoms with Gasteiger partial charge in [0.2, 0.25) is 0 Å². The smallest absolute Gasteiger partial charge is 0.343 e. The molecule has 4 aromatic carbocycles. The topological polar surface area (TPSA) is 86.2 Å². The summed E-state index contributed by atoms with van der Waals surface area (Å²) in [6, 6.07) is 31.0. The van der Waals surface area contributed by atoms with Crippen molar-refractivity contribution in [1.29, 1.82) is 0 Å². The van der Waals surface area contributed by atoms with Gasteiger partial charge in [0.05, 0.1) is 11.8 Å². The van der Waals surface area contributed by atoms with Crippen molar-refractivity contribution >= 4 is 18.1 Å². The highest BCUT2D eigenvalue weighted by atomic mass is 16.5. The average molecular weight is 509 g/mol.